The topological polar surface area (TPSA) is 109 Å². The van der Waals surface area contributed by atoms with Gasteiger partial charge in [-0.1, -0.05) is 6.92 Å². The van der Waals surface area contributed by atoms with Gasteiger partial charge in [0.25, 0.3) is 5.91 Å². The molecule has 1 heterocycles. The number of carbonyl (C=O) groups excluding carboxylic acids is 2. The third kappa shape index (κ3) is 5.13. The van der Waals surface area contributed by atoms with Crippen LogP contribution < -0.4 is 10.6 Å². The number of hydrogen-bond acceptors (Lipinski definition) is 4. The summed E-state index contributed by atoms with van der Waals surface area (Å²) in [7, 11) is 0. The smallest absolute Gasteiger partial charge is 0.326 e. The maximum absolute atomic E-state index is 11.5. The summed E-state index contributed by atoms with van der Waals surface area (Å²) in [5.74, 6) is -1.52. The van der Waals surface area contributed by atoms with Gasteiger partial charge in [0.15, 0.2) is 5.76 Å². The number of nitrogens with one attached hydrogen (secondary N) is 2. The van der Waals surface area contributed by atoms with Gasteiger partial charge in [0.05, 0.1) is 6.26 Å². The van der Waals surface area contributed by atoms with Crippen molar-refractivity contribution >= 4 is 17.8 Å². The second kappa shape index (κ2) is 7.98. The molecule has 0 bridgehead atoms. The molecule has 0 spiro atoms. The predicted molar refractivity (Wildman–Crippen MR) is 70.1 cm³/mol. The molecule has 0 aliphatic carbocycles. The fourth-order valence-electron chi connectivity index (χ4n) is 1.55. The predicted octanol–water partition coefficient (Wildman–Crippen LogP) is 0.769. The first-order valence-electron chi connectivity index (χ1n) is 6.38. The summed E-state index contributed by atoms with van der Waals surface area (Å²) in [5.41, 5.74) is 0. The van der Waals surface area contributed by atoms with Gasteiger partial charge in [-0.2, -0.15) is 0 Å². The number of carboxylic acids is 1. The molecule has 3 N–H and O–H groups in total. The molecule has 0 aliphatic heterocycles. The van der Waals surface area contributed by atoms with Crippen LogP contribution in [0.4, 0.5) is 0 Å². The van der Waals surface area contributed by atoms with Crippen LogP contribution in [0, 0.1) is 0 Å². The van der Waals surface area contributed by atoms with E-state index in [0.717, 1.165) is 0 Å². The molecule has 20 heavy (non-hydrogen) atoms. The van der Waals surface area contributed by atoms with Crippen LogP contribution in [0.25, 0.3) is 0 Å². The molecular formula is C13H18N2O5. The lowest BCUT2D eigenvalue weighted by molar-refractivity contribution is -0.141. The SMILES string of the molecule is CCC(NC(=O)CCCNC(=O)c1ccco1)C(=O)O. The number of aliphatic carboxylic acids is 1. The Hall–Kier alpha value is -2.31. The molecule has 0 saturated heterocycles. The van der Waals surface area contributed by atoms with Crippen molar-refractivity contribution in [1.29, 1.82) is 0 Å². The minimum absolute atomic E-state index is 0.155. The van der Waals surface area contributed by atoms with Crippen molar-refractivity contribution in [3.63, 3.8) is 0 Å². The van der Waals surface area contributed by atoms with Gasteiger partial charge in [-0.05, 0) is 25.0 Å². The second-order valence-corrected chi connectivity index (χ2v) is 4.20. The van der Waals surface area contributed by atoms with Gasteiger partial charge in [0.1, 0.15) is 6.04 Å². The third-order valence-electron chi connectivity index (χ3n) is 2.65. The van der Waals surface area contributed by atoms with E-state index in [2.05, 4.69) is 10.6 Å². The summed E-state index contributed by atoms with van der Waals surface area (Å²) in [5, 5.41) is 13.8. The fraction of sp³-hybridized carbons (Fsp3) is 0.462. The van der Waals surface area contributed by atoms with Crippen LogP contribution in [0.2, 0.25) is 0 Å². The summed E-state index contributed by atoms with van der Waals surface area (Å²) < 4.78 is 4.91. The van der Waals surface area contributed by atoms with Crippen molar-refractivity contribution in [3.05, 3.63) is 24.2 Å². The maximum atomic E-state index is 11.5. The summed E-state index contributed by atoms with van der Waals surface area (Å²) in [4.78, 5) is 33.7. The number of amides is 2. The molecular weight excluding hydrogens is 264 g/mol. The first kappa shape index (κ1) is 15.7. The van der Waals surface area contributed by atoms with E-state index in [1.54, 1.807) is 19.1 Å². The summed E-state index contributed by atoms with van der Waals surface area (Å²) in [6.45, 7) is 2.00. The normalized spacial score (nSPS) is 11.7. The lowest BCUT2D eigenvalue weighted by Crippen LogP contribution is -2.40. The highest BCUT2D eigenvalue weighted by Crippen LogP contribution is 1.99. The van der Waals surface area contributed by atoms with Crippen molar-refractivity contribution in [3.8, 4) is 0 Å². The first-order chi connectivity index (χ1) is 9.54. The molecule has 0 fully saturated rings. The van der Waals surface area contributed by atoms with E-state index < -0.39 is 12.0 Å². The van der Waals surface area contributed by atoms with Gasteiger partial charge in [0.2, 0.25) is 5.91 Å². The minimum atomic E-state index is -1.05. The average molecular weight is 282 g/mol. The Balaban J connectivity index is 2.19. The largest absolute Gasteiger partial charge is 0.480 e. The number of rotatable bonds is 8. The van der Waals surface area contributed by atoms with Gasteiger partial charge in [-0.3, -0.25) is 9.59 Å². The van der Waals surface area contributed by atoms with Gasteiger partial charge >= 0.3 is 5.97 Å². The molecule has 0 aliphatic rings. The van der Waals surface area contributed by atoms with Gasteiger partial charge < -0.3 is 20.2 Å². The monoisotopic (exact) mass is 282 g/mol. The molecule has 2 amide bonds. The Morgan fingerprint density at radius 1 is 1.40 bits per heavy atom. The highest BCUT2D eigenvalue weighted by molar-refractivity contribution is 5.91. The number of carbonyl (C=O) groups is 3. The summed E-state index contributed by atoms with van der Waals surface area (Å²) in [6, 6.07) is 2.29. The molecule has 1 unspecified atom stereocenters. The van der Waals surface area contributed by atoms with Gasteiger partial charge in [0, 0.05) is 13.0 Å². The van der Waals surface area contributed by atoms with E-state index in [9.17, 15) is 14.4 Å². The van der Waals surface area contributed by atoms with Crippen molar-refractivity contribution in [2.75, 3.05) is 6.54 Å². The molecule has 7 nitrogen and oxygen atoms in total. The molecule has 1 rings (SSSR count). The lowest BCUT2D eigenvalue weighted by Gasteiger charge is -2.12. The number of carboxylic acid groups (broad SMARTS) is 1. The molecule has 1 aromatic heterocycles. The average Bonchev–Trinajstić information content (AvgIpc) is 2.94. The van der Waals surface area contributed by atoms with E-state index in [1.165, 1.54) is 6.26 Å². The third-order valence-corrected chi connectivity index (χ3v) is 2.65. The number of hydrogen-bond donors (Lipinski definition) is 3. The fourth-order valence-corrected chi connectivity index (χ4v) is 1.55. The van der Waals surface area contributed by atoms with Crippen LogP contribution >= 0.6 is 0 Å². The van der Waals surface area contributed by atoms with Crippen LogP contribution in [0.3, 0.4) is 0 Å². The number of furan rings is 1. The maximum Gasteiger partial charge on any atom is 0.326 e. The molecule has 0 aromatic carbocycles. The van der Waals surface area contributed by atoms with Crippen LogP contribution in [0.5, 0.6) is 0 Å². The summed E-state index contributed by atoms with van der Waals surface area (Å²) >= 11 is 0. The van der Waals surface area contributed by atoms with Crippen LogP contribution in [-0.4, -0.2) is 35.5 Å². The second-order valence-electron chi connectivity index (χ2n) is 4.20. The zero-order valence-electron chi connectivity index (χ0n) is 11.2. The van der Waals surface area contributed by atoms with Crippen LogP contribution in [-0.2, 0) is 9.59 Å². The van der Waals surface area contributed by atoms with Crippen molar-refractivity contribution in [2.24, 2.45) is 0 Å². The van der Waals surface area contributed by atoms with Crippen molar-refractivity contribution in [1.82, 2.24) is 10.6 Å². The zero-order chi connectivity index (χ0) is 15.0. The molecule has 1 aromatic rings. The van der Waals surface area contributed by atoms with E-state index in [4.69, 9.17) is 9.52 Å². The Labute approximate surface area is 116 Å². The molecule has 7 heteroatoms. The molecule has 0 radical (unpaired) electrons. The van der Waals surface area contributed by atoms with Gasteiger partial charge in [-0.15, -0.1) is 0 Å². The zero-order valence-corrected chi connectivity index (χ0v) is 11.2. The van der Waals surface area contributed by atoms with Crippen molar-refractivity contribution < 1.29 is 23.9 Å². The Kier molecular flexibility index (Phi) is 6.28. The minimum Gasteiger partial charge on any atom is -0.480 e. The highest BCUT2D eigenvalue weighted by atomic mass is 16.4. The van der Waals surface area contributed by atoms with Crippen molar-refractivity contribution in [2.45, 2.75) is 32.2 Å². The van der Waals surface area contributed by atoms with Gasteiger partial charge in [-0.25, -0.2) is 4.79 Å². The Morgan fingerprint density at radius 3 is 2.70 bits per heavy atom. The Bertz CT molecular complexity index is 455. The lowest BCUT2D eigenvalue weighted by atomic mass is 10.2. The van der Waals surface area contributed by atoms with E-state index >= 15 is 0 Å². The van der Waals surface area contributed by atoms with Crippen LogP contribution in [0.1, 0.15) is 36.7 Å². The standard InChI is InChI=1S/C13H18N2O5/c1-2-9(13(18)19)15-11(16)6-3-7-14-12(17)10-5-4-8-20-10/h4-5,8-9H,2-3,6-7H2,1H3,(H,14,17)(H,15,16)(H,18,19). The van der Waals surface area contributed by atoms with Crippen LogP contribution in [0.15, 0.2) is 22.8 Å². The Morgan fingerprint density at radius 2 is 2.15 bits per heavy atom. The molecule has 110 valence electrons. The highest BCUT2D eigenvalue weighted by Gasteiger charge is 2.17. The van der Waals surface area contributed by atoms with E-state index in [0.29, 0.717) is 19.4 Å². The van der Waals surface area contributed by atoms with E-state index in [1.807, 2.05) is 0 Å². The van der Waals surface area contributed by atoms with E-state index in [-0.39, 0.29) is 24.0 Å². The molecule has 1 atom stereocenters. The first-order valence-corrected chi connectivity index (χ1v) is 6.38. The summed E-state index contributed by atoms with van der Waals surface area (Å²) in [6.07, 6.45) is 2.31. The quantitative estimate of drug-likeness (QED) is 0.610. The molecule has 0 saturated carbocycles.